The lowest BCUT2D eigenvalue weighted by atomic mass is 10.0. The Morgan fingerprint density at radius 2 is 1.87 bits per heavy atom. The molecule has 2 aliphatic heterocycles. The smallest absolute Gasteiger partial charge is 0.378 e. The first kappa shape index (κ1) is 26.0. The molecule has 0 spiro atoms. The molecule has 2 aliphatic rings. The minimum atomic E-state index is -4.42. The van der Waals surface area contributed by atoms with Gasteiger partial charge in [-0.1, -0.05) is 6.07 Å². The zero-order chi connectivity index (χ0) is 21.6. The van der Waals surface area contributed by atoms with Crippen LogP contribution in [0.3, 0.4) is 0 Å². The van der Waals surface area contributed by atoms with Crippen molar-refractivity contribution in [1.82, 2.24) is 10.2 Å². The van der Waals surface area contributed by atoms with Crippen molar-refractivity contribution in [2.75, 3.05) is 57.9 Å². The first-order valence-electron chi connectivity index (χ1n) is 10.5. The molecule has 176 valence electrons. The average molecular weight is 556 g/mol. The Kier molecular flexibility index (Phi) is 10.1. The predicted octanol–water partition coefficient (Wildman–Crippen LogP) is 3.74. The Hall–Kier alpha value is -1.27. The van der Waals surface area contributed by atoms with Crippen molar-refractivity contribution in [3.8, 4) is 0 Å². The molecule has 10 heteroatoms. The number of halogens is 4. The van der Waals surface area contributed by atoms with Gasteiger partial charge in [-0.2, -0.15) is 13.2 Å². The third kappa shape index (κ3) is 7.11. The summed E-state index contributed by atoms with van der Waals surface area (Å²) in [5.74, 6) is 0.621. The van der Waals surface area contributed by atoms with Crippen LogP contribution in [-0.2, 0) is 22.2 Å². The Morgan fingerprint density at radius 3 is 2.45 bits per heavy atom. The molecule has 1 aromatic carbocycles. The van der Waals surface area contributed by atoms with Crippen LogP contribution in [0.5, 0.6) is 0 Å². The van der Waals surface area contributed by atoms with Crippen molar-refractivity contribution in [2.24, 2.45) is 4.99 Å². The predicted molar refractivity (Wildman–Crippen MR) is 126 cm³/mol. The molecule has 0 aliphatic carbocycles. The quantitative estimate of drug-likeness (QED) is 0.341. The molecule has 0 amide bonds. The minimum Gasteiger partial charge on any atom is -0.378 e. The number of nitrogens with zero attached hydrogens (tertiary/aromatic N) is 3. The summed E-state index contributed by atoms with van der Waals surface area (Å²) in [5, 5.41) is 3.12. The van der Waals surface area contributed by atoms with E-state index in [4.69, 9.17) is 9.47 Å². The second kappa shape index (κ2) is 12.1. The fourth-order valence-electron chi connectivity index (χ4n) is 3.98. The molecular weight excluding hydrogens is 524 g/mol. The maximum Gasteiger partial charge on any atom is 0.416 e. The number of anilines is 1. The van der Waals surface area contributed by atoms with Gasteiger partial charge in [0.05, 0.1) is 24.9 Å². The normalized spacial score (nSPS) is 18.7. The highest BCUT2D eigenvalue weighted by atomic mass is 127. The van der Waals surface area contributed by atoms with Crippen molar-refractivity contribution < 1.29 is 22.6 Å². The van der Waals surface area contributed by atoms with Crippen LogP contribution >= 0.6 is 24.0 Å². The monoisotopic (exact) mass is 556 g/mol. The van der Waals surface area contributed by atoms with Gasteiger partial charge < -0.3 is 24.6 Å². The molecule has 2 saturated heterocycles. The standard InChI is InChI=1S/C21H31F3N4O2.HI/c1-3-30-18-6-8-28(9-7-18)20(25-2)26-15-16-4-5-17(14-19(16)21(22,23)24)27-10-12-29-13-11-27;/h4-5,14,18H,3,6-13,15H2,1-2H3,(H,25,26);1H. The number of nitrogens with one attached hydrogen (secondary N) is 1. The van der Waals surface area contributed by atoms with E-state index < -0.39 is 11.7 Å². The van der Waals surface area contributed by atoms with E-state index in [1.807, 2.05) is 11.8 Å². The number of guanidine groups is 1. The molecule has 1 N–H and O–H groups in total. The molecule has 0 radical (unpaired) electrons. The van der Waals surface area contributed by atoms with Gasteiger partial charge in [0.2, 0.25) is 0 Å². The Labute approximate surface area is 199 Å². The zero-order valence-electron chi connectivity index (χ0n) is 18.1. The van der Waals surface area contributed by atoms with E-state index in [1.54, 1.807) is 19.2 Å². The molecule has 0 saturated carbocycles. The van der Waals surface area contributed by atoms with Gasteiger partial charge in [0.1, 0.15) is 0 Å². The van der Waals surface area contributed by atoms with Crippen LogP contribution in [0, 0.1) is 0 Å². The Morgan fingerprint density at radius 1 is 1.19 bits per heavy atom. The number of morpholine rings is 1. The fourth-order valence-corrected chi connectivity index (χ4v) is 3.98. The molecule has 3 rings (SSSR count). The van der Waals surface area contributed by atoms with E-state index in [0.717, 1.165) is 25.9 Å². The maximum absolute atomic E-state index is 13.7. The summed E-state index contributed by atoms with van der Waals surface area (Å²) < 4.78 is 52.2. The van der Waals surface area contributed by atoms with Gasteiger partial charge in [0.15, 0.2) is 5.96 Å². The number of alkyl halides is 3. The molecule has 31 heavy (non-hydrogen) atoms. The molecule has 6 nitrogen and oxygen atoms in total. The average Bonchev–Trinajstić information content (AvgIpc) is 2.75. The third-order valence-electron chi connectivity index (χ3n) is 5.57. The highest BCUT2D eigenvalue weighted by Gasteiger charge is 2.34. The van der Waals surface area contributed by atoms with Crippen molar-refractivity contribution in [2.45, 2.75) is 38.6 Å². The SMILES string of the molecule is CCOC1CCN(C(=NC)NCc2ccc(N3CCOCC3)cc2C(F)(F)F)CC1.I. The molecule has 2 fully saturated rings. The number of likely N-dealkylation sites (tertiary alicyclic amines) is 1. The lowest BCUT2D eigenvalue weighted by Crippen LogP contribution is -2.46. The van der Waals surface area contributed by atoms with E-state index in [1.165, 1.54) is 6.07 Å². The van der Waals surface area contributed by atoms with E-state index in [2.05, 4.69) is 15.2 Å². The summed E-state index contributed by atoms with van der Waals surface area (Å²) >= 11 is 0. The van der Waals surface area contributed by atoms with Crippen LogP contribution in [0.15, 0.2) is 23.2 Å². The van der Waals surface area contributed by atoms with Gasteiger partial charge in [0.25, 0.3) is 0 Å². The van der Waals surface area contributed by atoms with Gasteiger partial charge in [-0.05, 0) is 37.5 Å². The van der Waals surface area contributed by atoms with Crippen molar-refractivity contribution >= 4 is 35.6 Å². The lowest BCUT2D eigenvalue weighted by molar-refractivity contribution is -0.138. The van der Waals surface area contributed by atoms with E-state index >= 15 is 0 Å². The van der Waals surface area contributed by atoms with Crippen LogP contribution in [-0.4, -0.2) is 70.0 Å². The number of rotatable bonds is 5. The number of piperidine rings is 1. The van der Waals surface area contributed by atoms with Crippen LogP contribution in [0.4, 0.5) is 18.9 Å². The fraction of sp³-hybridized carbons (Fsp3) is 0.667. The van der Waals surface area contributed by atoms with E-state index in [0.29, 0.717) is 44.6 Å². The highest BCUT2D eigenvalue weighted by Crippen LogP contribution is 2.35. The second-order valence-corrected chi connectivity index (χ2v) is 7.48. The van der Waals surface area contributed by atoms with Gasteiger partial charge in [-0.3, -0.25) is 4.99 Å². The number of aliphatic imine (C=N–C) groups is 1. The third-order valence-corrected chi connectivity index (χ3v) is 5.57. The largest absolute Gasteiger partial charge is 0.416 e. The highest BCUT2D eigenvalue weighted by molar-refractivity contribution is 14.0. The summed E-state index contributed by atoms with van der Waals surface area (Å²) in [6.07, 6.45) is -2.40. The molecule has 0 atom stereocenters. The second-order valence-electron chi connectivity index (χ2n) is 7.48. The van der Waals surface area contributed by atoms with Crippen molar-refractivity contribution in [1.29, 1.82) is 0 Å². The molecule has 0 unspecified atom stereocenters. The number of hydrogen-bond donors (Lipinski definition) is 1. The van der Waals surface area contributed by atoms with Gasteiger partial charge in [-0.25, -0.2) is 0 Å². The Balaban J connectivity index is 0.00000341. The first-order valence-corrected chi connectivity index (χ1v) is 10.5. The summed E-state index contributed by atoms with van der Waals surface area (Å²) in [7, 11) is 1.66. The first-order chi connectivity index (χ1) is 14.4. The molecule has 1 aromatic rings. The Bertz CT molecular complexity index is 719. The topological polar surface area (TPSA) is 49.3 Å². The number of hydrogen-bond acceptors (Lipinski definition) is 4. The van der Waals surface area contributed by atoms with E-state index in [-0.39, 0.29) is 42.2 Å². The number of benzene rings is 1. The van der Waals surface area contributed by atoms with Crippen LogP contribution in [0.2, 0.25) is 0 Å². The lowest BCUT2D eigenvalue weighted by Gasteiger charge is -2.34. The summed E-state index contributed by atoms with van der Waals surface area (Å²) in [4.78, 5) is 8.27. The van der Waals surface area contributed by atoms with Gasteiger partial charge in [-0.15, -0.1) is 24.0 Å². The van der Waals surface area contributed by atoms with Crippen LogP contribution in [0.1, 0.15) is 30.9 Å². The molecule has 0 bridgehead atoms. The summed E-state index contributed by atoms with van der Waals surface area (Å²) in [6.45, 7) is 6.53. The zero-order valence-corrected chi connectivity index (χ0v) is 20.4. The number of ether oxygens (including phenoxy) is 2. The van der Waals surface area contributed by atoms with E-state index in [9.17, 15) is 13.2 Å². The van der Waals surface area contributed by atoms with Crippen molar-refractivity contribution in [3.63, 3.8) is 0 Å². The molecule has 0 aromatic heterocycles. The molecule has 2 heterocycles. The molecular formula is C21H32F3IN4O2. The van der Waals surface area contributed by atoms with Gasteiger partial charge in [0, 0.05) is 52.1 Å². The van der Waals surface area contributed by atoms with Crippen molar-refractivity contribution in [3.05, 3.63) is 29.3 Å². The maximum atomic E-state index is 13.7. The van der Waals surface area contributed by atoms with Gasteiger partial charge >= 0.3 is 6.18 Å². The van der Waals surface area contributed by atoms with Crippen LogP contribution in [0.25, 0.3) is 0 Å². The summed E-state index contributed by atoms with van der Waals surface area (Å²) in [5.41, 5.74) is 0.186. The summed E-state index contributed by atoms with van der Waals surface area (Å²) in [6, 6.07) is 4.57. The minimum absolute atomic E-state index is 0. The van der Waals surface area contributed by atoms with Crippen LogP contribution < -0.4 is 10.2 Å².